The summed E-state index contributed by atoms with van der Waals surface area (Å²) < 4.78 is 16.9. The molecule has 0 bridgehead atoms. The molecule has 0 spiro atoms. The predicted molar refractivity (Wildman–Crippen MR) is 122 cm³/mol. The number of fused-ring (bicyclic) bond motifs is 1. The van der Waals surface area contributed by atoms with E-state index < -0.39 is 5.97 Å². The van der Waals surface area contributed by atoms with Gasteiger partial charge in [0.2, 0.25) is 11.8 Å². The maximum atomic E-state index is 12.9. The first-order chi connectivity index (χ1) is 16.2. The van der Waals surface area contributed by atoms with E-state index in [1.807, 2.05) is 41.4 Å². The highest BCUT2D eigenvalue weighted by Crippen LogP contribution is 2.22. The van der Waals surface area contributed by atoms with Crippen molar-refractivity contribution in [2.75, 3.05) is 37.8 Å². The first-order valence-corrected chi connectivity index (χ1v) is 10.8. The Hall–Kier alpha value is -3.98. The fourth-order valence-corrected chi connectivity index (χ4v) is 3.56. The fraction of sp³-hybridized carbons (Fsp3) is 0.250. The minimum absolute atomic E-state index is 0.133. The van der Waals surface area contributed by atoms with E-state index in [2.05, 4.69) is 19.9 Å². The van der Waals surface area contributed by atoms with Gasteiger partial charge in [0.05, 0.1) is 19.8 Å². The molecule has 1 N–H and O–H groups in total. The molecule has 0 atom stereocenters. The monoisotopic (exact) mass is 445 g/mol. The van der Waals surface area contributed by atoms with Crippen molar-refractivity contribution in [3.63, 3.8) is 0 Å². The van der Waals surface area contributed by atoms with Gasteiger partial charge in [-0.1, -0.05) is 6.07 Å². The number of morpholine rings is 1. The maximum absolute atomic E-state index is 12.9. The second-order valence-corrected chi connectivity index (χ2v) is 7.53. The number of nitrogens with one attached hydrogen (secondary N) is 1. The molecule has 4 heterocycles. The van der Waals surface area contributed by atoms with E-state index in [4.69, 9.17) is 14.2 Å². The molecule has 0 saturated carbocycles. The number of pyridine rings is 1. The number of ether oxygens (including phenoxy) is 3. The van der Waals surface area contributed by atoms with Gasteiger partial charge in [0.25, 0.3) is 0 Å². The predicted octanol–water partition coefficient (Wildman–Crippen LogP) is 3.03. The van der Waals surface area contributed by atoms with Crippen molar-refractivity contribution in [3.8, 4) is 11.6 Å². The number of rotatable bonds is 7. The number of carbonyl (C=O) groups excluding carboxylic acids is 1. The molecule has 9 nitrogen and oxygen atoms in total. The highest BCUT2D eigenvalue weighted by molar-refractivity contribution is 5.90. The summed E-state index contributed by atoms with van der Waals surface area (Å²) in [5.74, 6) is 0.602. The standard InChI is InChI=1S/C24H23N5O4/c30-23(33-19-4-5-20-17(15-19)6-9-26-20)21-16-22(32-12-7-18-3-1-2-8-25-18)28-24(27-21)29-10-13-31-14-11-29/h1-6,8-9,15-16,26H,7,10-14H2. The van der Waals surface area contributed by atoms with Crippen molar-refractivity contribution in [1.29, 1.82) is 0 Å². The third kappa shape index (κ3) is 5.09. The summed E-state index contributed by atoms with van der Waals surface area (Å²) in [7, 11) is 0. The molecular formula is C24H23N5O4. The van der Waals surface area contributed by atoms with Crippen LogP contribution in [-0.4, -0.2) is 58.8 Å². The Kier molecular flexibility index (Phi) is 6.12. The molecule has 33 heavy (non-hydrogen) atoms. The first kappa shape index (κ1) is 20.9. The molecule has 1 aliphatic rings. The number of benzene rings is 1. The number of aromatic amines is 1. The topological polar surface area (TPSA) is 102 Å². The van der Waals surface area contributed by atoms with Crippen LogP contribution < -0.4 is 14.4 Å². The Bertz CT molecular complexity index is 1240. The van der Waals surface area contributed by atoms with Gasteiger partial charge in [0, 0.05) is 54.6 Å². The van der Waals surface area contributed by atoms with Crippen LogP contribution in [0.3, 0.4) is 0 Å². The van der Waals surface area contributed by atoms with Crippen LogP contribution in [0.25, 0.3) is 10.9 Å². The molecule has 4 aromatic rings. The lowest BCUT2D eigenvalue weighted by Gasteiger charge is -2.27. The second-order valence-electron chi connectivity index (χ2n) is 7.53. The molecule has 1 fully saturated rings. The normalized spacial score (nSPS) is 13.8. The molecule has 5 rings (SSSR count). The van der Waals surface area contributed by atoms with Crippen LogP contribution in [0.15, 0.2) is 60.9 Å². The minimum atomic E-state index is -0.573. The van der Waals surface area contributed by atoms with Gasteiger partial charge in [-0.25, -0.2) is 9.78 Å². The van der Waals surface area contributed by atoms with Crippen LogP contribution in [0, 0.1) is 0 Å². The largest absolute Gasteiger partial charge is 0.477 e. The van der Waals surface area contributed by atoms with Gasteiger partial charge in [-0.2, -0.15) is 4.98 Å². The van der Waals surface area contributed by atoms with Gasteiger partial charge in [0.15, 0.2) is 5.69 Å². The van der Waals surface area contributed by atoms with E-state index in [0.29, 0.717) is 56.9 Å². The van der Waals surface area contributed by atoms with E-state index in [-0.39, 0.29) is 5.69 Å². The van der Waals surface area contributed by atoms with Crippen LogP contribution in [-0.2, 0) is 11.2 Å². The lowest BCUT2D eigenvalue weighted by molar-refractivity contribution is 0.0727. The highest BCUT2D eigenvalue weighted by Gasteiger charge is 2.20. The van der Waals surface area contributed by atoms with Crippen LogP contribution in [0.2, 0.25) is 0 Å². The maximum Gasteiger partial charge on any atom is 0.362 e. The second kappa shape index (κ2) is 9.66. The Morgan fingerprint density at radius 1 is 1.09 bits per heavy atom. The zero-order chi connectivity index (χ0) is 22.5. The molecule has 0 unspecified atom stereocenters. The van der Waals surface area contributed by atoms with E-state index in [0.717, 1.165) is 16.6 Å². The first-order valence-electron chi connectivity index (χ1n) is 10.8. The van der Waals surface area contributed by atoms with Gasteiger partial charge in [-0.15, -0.1) is 0 Å². The number of anilines is 1. The smallest absolute Gasteiger partial charge is 0.362 e. The molecule has 168 valence electrons. The Morgan fingerprint density at radius 3 is 2.85 bits per heavy atom. The molecule has 1 aromatic carbocycles. The number of esters is 1. The SMILES string of the molecule is O=C(Oc1ccc2[nH]ccc2c1)c1cc(OCCc2ccccn2)nc(N2CCOCC2)n1. The average molecular weight is 445 g/mol. The number of carbonyl (C=O) groups is 1. The number of H-pyrrole nitrogens is 1. The zero-order valence-electron chi connectivity index (χ0n) is 17.9. The third-order valence-electron chi connectivity index (χ3n) is 5.26. The Labute approximate surface area is 190 Å². The summed E-state index contributed by atoms with van der Waals surface area (Å²) in [4.78, 5) is 31.3. The summed E-state index contributed by atoms with van der Waals surface area (Å²) in [6.45, 7) is 2.79. The van der Waals surface area contributed by atoms with Crippen molar-refractivity contribution >= 4 is 22.8 Å². The quantitative estimate of drug-likeness (QED) is 0.342. The summed E-state index contributed by atoms with van der Waals surface area (Å²) in [5, 5.41) is 0.954. The number of hydrogen-bond donors (Lipinski definition) is 1. The summed E-state index contributed by atoms with van der Waals surface area (Å²) in [6.07, 6.45) is 4.20. The van der Waals surface area contributed by atoms with Gasteiger partial charge in [-0.05, 0) is 36.4 Å². The Morgan fingerprint density at radius 2 is 2.00 bits per heavy atom. The van der Waals surface area contributed by atoms with Crippen LogP contribution in [0.1, 0.15) is 16.2 Å². The molecule has 3 aromatic heterocycles. The molecule has 9 heteroatoms. The lowest BCUT2D eigenvalue weighted by Crippen LogP contribution is -2.37. The van der Waals surface area contributed by atoms with Crippen LogP contribution >= 0.6 is 0 Å². The van der Waals surface area contributed by atoms with Crippen molar-refractivity contribution in [3.05, 3.63) is 72.3 Å². The zero-order valence-corrected chi connectivity index (χ0v) is 17.9. The minimum Gasteiger partial charge on any atom is -0.477 e. The molecule has 0 amide bonds. The molecule has 1 aliphatic heterocycles. The number of aromatic nitrogens is 4. The van der Waals surface area contributed by atoms with Crippen LogP contribution in [0.4, 0.5) is 5.95 Å². The summed E-state index contributed by atoms with van der Waals surface area (Å²) in [6, 6.07) is 14.6. The van der Waals surface area contributed by atoms with Crippen molar-refractivity contribution < 1.29 is 19.0 Å². The van der Waals surface area contributed by atoms with Gasteiger partial charge in [0.1, 0.15) is 5.75 Å². The summed E-state index contributed by atoms with van der Waals surface area (Å²) >= 11 is 0. The van der Waals surface area contributed by atoms with Crippen molar-refractivity contribution in [1.82, 2.24) is 19.9 Å². The van der Waals surface area contributed by atoms with E-state index in [1.165, 1.54) is 6.07 Å². The van der Waals surface area contributed by atoms with Crippen molar-refractivity contribution in [2.45, 2.75) is 6.42 Å². The average Bonchev–Trinajstić information content (AvgIpc) is 3.33. The van der Waals surface area contributed by atoms with Gasteiger partial charge in [-0.3, -0.25) is 4.98 Å². The highest BCUT2D eigenvalue weighted by atomic mass is 16.5. The molecular weight excluding hydrogens is 422 g/mol. The van der Waals surface area contributed by atoms with Gasteiger partial charge < -0.3 is 24.1 Å². The number of nitrogens with zero attached hydrogens (tertiary/aromatic N) is 4. The molecule has 0 radical (unpaired) electrons. The van der Waals surface area contributed by atoms with Crippen molar-refractivity contribution in [2.24, 2.45) is 0 Å². The third-order valence-corrected chi connectivity index (χ3v) is 5.26. The fourth-order valence-electron chi connectivity index (χ4n) is 3.56. The Balaban J connectivity index is 1.35. The van der Waals surface area contributed by atoms with E-state index in [1.54, 1.807) is 18.3 Å². The lowest BCUT2D eigenvalue weighted by atomic mass is 10.2. The number of hydrogen-bond acceptors (Lipinski definition) is 8. The van der Waals surface area contributed by atoms with E-state index in [9.17, 15) is 4.79 Å². The summed E-state index contributed by atoms with van der Waals surface area (Å²) in [5.41, 5.74) is 2.02. The van der Waals surface area contributed by atoms with Crippen LogP contribution in [0.5, 0.6) is 11.6 Å². The molecule has 1 saturated heterocycles. The van der Waals surface area contributed by atoms with E-state index >= 15 is 0 Å². The molecule has 0 aliphatic carbocycles. The van der Waals surface area contributed by atoms with Gasteiger partial charge >= 0.3 is 5.97 Å².